The Bertz CT molecular complexity index is 635. The van der Waals surface area contributed by atoms with Crippen LogP contribution in [-0.4, -0.2) is 11.1 Å². The van der Waals surface area contributed by atoms with Crippen LogP contribution in [0.15, 0.2) is 42.5 Å². The molecule has 4 heteroatoms. The number of aryl methyl sites for hydroxylation is 2. The van der Waals surface area contributed by atoms with Crippen molar-refractivity contribution in [3.63, 3.8) is 0 Å². The van der Waals surface area contributed by atoms with E-state index < -0.39 is 5.97 Å². The number of carboxylic acid groups (broad SMARTS) is 1. The van der Waals surface area contributed by atoms with Crippen molar-refractivity contribution in [2.75, 3.05) is 0 Å². The minimum Gasteiger partial charge on any atom is -0.489 e. The molecule has 0 aliphatic rings. The molecule has 2 aromatic carbocycles. The van der Waals surface area contributed by atoms with Crippen molar-refractivity contribution >= 4 is 5.97 Å². The predicted molar refractivity (Wildman–Crippen MR) is 82.5 cm³/mol. The third-order valence-corrected chi connectivity index (χ3v) is 3.40. The van der Waals surface area contributed by atoms with Crippen molar-refractivity contribution in [3.8, 4) is 5.75 Å². The molecule has 2 rings (SSSR count). The third kappa shape index (κ3) is 4.88. The number of hydrogen-bond donors (Lipinski definition) is 1. The number of ether oxygens (including phenoxy) is 1. The lowest BCUT2D eigenvalue weighted by atomic mass is 10.1. The summed E-state index contributed by atoms with van der Waals surface area (Å²) in [6.07, 6.45) is 1.55. The number of halogens is 1. The SMILES string of the molecule is Cc1cc(CCCC(=O)O)ccc1OCc1ccc(F)cc1. The molecule has 0 atom stereocenters. The molecule has 0 bridgehead atoms. The second-order valence-corrected chi connectivity index (χ2v) is 5.26. The van der Waals surface area contributed by atoms with Gasteiger partial charge in [-0.25, -0.2) is 4.39 Å². The van der Waals surface area contributed by atoms with Gasteiger partial charge in [-0.15, -0.1) is 0 Å². The van der Waals surface area contributed by atoms with E-state index in [2.05, 4.69) is 0 Å². The first kappa shape index (κ1) is 16.0. The lowest BCUT2D eigenvalue weighted by Gasteiger charge is -2.11. The summed E-state index contributed by atoms with van der Waals surface area (Å²) < 4.78 is 18.6. The Balaban J connectivity index is 1.91. The van der Waals surface area contributed by atoms with Crippen molar-refractivity contribution in [2.45, 2.75) is 32.8 Å². The van der Waals surface area contributed by atoms with E-state index in [0.29, 0.717) is 13.0 Å². The van der Waals surface area contributed by atoms with Gasteiger partial charge in [-0.3, -0.25) is 4.79 Å². The van der Waals surface area contributed by atoms with Crippen molar-refractivity contribution in [1.82, 2.24) is 0 Å². The van der Waals surface area contributed by atoms with E-state index in [0.717, 1.165) is 28.9 Å². The van der Waals surface area contributed by atoms with Gasteiger partial charge in [0.15, 0.2) is 0 Å². The highest BCUT2D eigenvalue weighted by atomic mass is 19.1. The monoisotopic (exact) mass is 302 g/mol. The van der Waals surface area contributed by atoms with Gasteiger partial charge in [0.2, 0.25) is 0 Å². The summed E-state index contributed by atoms with van der Waals surface area (Å²) in [6, 6.07) is 12.1. The number of aliphatic carboxylic acids is 1. The molecule has 1 N–H and O–H groups in total. The summed E-state index contributed by atoms with van der Waals surface area (Å²) >= 11 is 0. The first-order valence-corrected chi connectivity index (χ1v) is 7.23. The highest BCUT2D eigenvalue weighted by Gasteiger charge is 2.04. The van der Waals surface area contributed by atoms with E-state index in [9.17, 15) is 9.18 Å². The molecular weight excluding hydrogens is 283 g/mol. The fourth-order valence-electron chi connectivity index (χ4n) is 2.21. The fourth-order valence-corrected chi connectivity index (χ4v) is 2.21. The van der Waals surface area contributed by atoms with Gasteiger partial charge < -0.3 is 9.84 Å². The Morgan fingerprint density at radius 2 is 1.82 bits per heavy atom. The van der Waals surface area contributed by atoms with Gasteiger partial charge in [0.05, 0.1) is 0 Å². The van der Waals surface area contributed by atoms with Crippen molar-refractivity contribution in [3.05, 3.63) is 65.0 Å². The lowest BCUT2D eigenvalue weighted by molar-refractivity contribution is -0.137. The number of hydrogen-bond acceptors (Lipinski definition) is 2. The van der Waals surface area contributed by atoms with Gasteiger partial charge >= 0.3 is 5.97 Å². The Kier molecular flexibility index (Phi) is 5.53. The van der Waals surface area contributed by atoms with E-state index >= 15 is 0 Å². The number of rotatable bonds is 7. The summed E-state index contributed by atoms with van der Waals surface area (Å²) in [5.41, 5.74) is 3.02. The molecule has 0 aromatic heterocycles. The average Bonchev–Trinajstić information content (AvgIpc) is 2.48. The first-order chi connectivity index (χ1) is 10.5. The van der Waals surface area contributed by atoms with Crippen LogP contribution in [0, 0.1) is 12.7 Å². The van der Waals surface area contributed by atoms with Crippen LogP contribution in [0.25, 0.3) is 0 Å². The van der Waals surface area contributed by atoms with E-state index in [1.165, 1.54) is 12.1 Å². The van der Waals surface area contributed by atoms with Gasteiger partial charge in [0.25, 0.3) is 0 Å². The minimum absolute atomic E-state index is 0.182. The molecule has 116 valence electrons. The van der Waals surface area contributed by atoms with E-state index in [1.807, 2.05) is 25.1 Å². The highest BCUT2D eigenvalue weighted by molar-refractivity contribution is 5.66. The van der Waals surface area contributed by atoms with Gasteiger partial charge in [-0.05, 0) is 54.7 Å². The zero-order valence-electron chi connectivity index (χ0n) is 12.5. The molecule has 0 radical (unpaired) electrons. The maximum absolute atomic E-state index is 12.8. The summed E-state index contributed by atoms with van der Waals surface area (Å²) in [5, 5.41) is 8.64. The van der Waals surface area contributed by atoms with Crippen LogP contribution in [0.3, 0.4) is 0 Å². The third-order valence-electron chi connectivity index (χ3n) is 3.40. The van der Waals surface area contributed by atoms with Crippen LogP contribution < -0.4 is 4.74 Å². The standard InChI is InChI=1S/C18H19FO3/c1-13-11-14(3-2-4-18(20)21)7-10-17(13)22-12-15-5-8-16(19)9-6-15/h5-11H,2-4,12H2,1H3,(H,20,21). The zero-order valence-corrected chi connectivity index (χ0v) is 12.5. The van der Waals surface area contributed by atoms with Gasteiger partial charge in [0.1, 0.15) is 18.2 Å². The maximum atomic E-state index is 12.8. The van der Waals surface area contributed by atoms with Crippen molar-refractivity contribution in [2.24, 2.45) is 0 Å². The molecule has 0 saturated carbocycles. The molecule has 0 aliphatic carbocycles. The summed E-state index contributed by atoms with van der Waals surface area (Å²) in [5.74, 6) is -0.243. The number of carboxylic acids is 1. The van der Waals surface area contributed by atoms with Crippen LogP contribution >= 0.6 is 0 Å². The van der Waals surface area contributed by atoms with Crippen molar-refractivity contribution < 1.29 is 19.0 Å². The summed E-state index contributed by atoms with van der Waals surface area (Å²) in [7, 11) is 0. The smallest absolute Gasteiger partial charge is 0.303 e. The molecule has 0 unspecified atom stereocenters. The molecular formula is C18H19FO3. The zero-order chi connectivity index (χ0) is 15.9. The van der Waals surface area contributed by atoms with Gasteiger partial charge in [-0.2, -0.15) is 0 Å². The van der Waals surface area contributed by atoms with Crippen LogP contribution in [0.4, 0.5) is 4.39 Å². The van der Waals surface area contributed by atoms with Gasteiger partial charge in [0, 0.05) is 6.42 Å². The Morgan fingerprint density at radius 3 is 2.45 bits per heavy atom. The molecule has 0 amide bonds. The summed E-state index contributed by atoms with van der Waals surface area (Å²) in [6.45, 7) is 2.35. The Labute approximate surface area is 129 Å². The molecule has 2 aromatic rings. The molecule has 0 spiro atoms. The second kappa shape index (κ2) is 7.59. The molecule has 0 heterocycles. The Morgan fingerprint density at radius 1 is 1.14 bits per heavy atom. The van der Waals surface area contributed by atoms with Gasteiger partial charge in [-0.1, -0.05) is 24.3 Å². The minimum atomic E-state index is -0.768. The van der Waals surface area contributed by atoms with Crippen LogP contribution in [0.5, 0.6) is 5.75 Å². The van der Waals surface area contributed by atoms with Crippen LogP contribution in [0.1, 0.15) is 29.5 Å². The van der Waals surface area contributed by atoms with Crippen molar-refractivity contribution in [1.29, 1.82) is 0 Å². The first-order valence-electron chi connectivity index (χ1n) is 7.23. The molecule has 22 heavy (non-hydrogen) atoms. The van der Waals surface area contributed by atoms with E-state index in [1.54, 1.807) is 12.1 Å². The number of carbonyl (C=O) groups is 1. The molecule has 3 nitrogen and oxygen atoms in total. The largest absolute Gasteiger partial charge is 0.489 e. The van der Waals surface area contributed by atoms with E-state index in [-0.39, 0.29) is 12.2 Å². The predicted octanol–water partition coefficient (Wildman–Crippen LogP) is 4.12. The molecule has 0 saturated heterocycles. The van der Waals surface area contributed by atoms with Crippen LogP contribution in [0.2, 0.25) is 0 Å². The molecule has 0 fully saturated rings. The van der Waals surface area contributed by atoms with Crippen LogP contribution in [-0.2, 0) is 17.8 Å². The second-order valence-electron chi connectivity index (χ2n) is 5.26. The maximum Gasteiger partial charge on any atom is 0.303 e. The fraction of sp³-hybridized carbons (Fsp3) is 0.278. The lowest BCUT2D eigenvalue weighted by Crippen LogP contribution is -1.99. The Hall–Kier alpha value is -2.36. The number of benzene rings is 2. The quantitative estimate of drug-likeness (QED) is 0.837. The molecule has 0 aliphatic heterocycles. The normalized spacial score (nSPS) is 10.5. The topological polar surface area (TPSA) is 46.5 Å². The average molecular weight is 302 g/mol. The highest BCUT2D eigenvalue weighted by Crippen LogP contribution is 2.21. The summed E-state index contributed by atoms with van der Waals surface area (Å²) in [4.78, 5) is 10.5. The van der Waals surface area contributed by atoms with E-state index in [4.69, 9.17) is 9.84 Å².